The van der Waals surface area contributed by atoms with E-state index in [4.69, 9.17) is 4.74 Å². The number of rotatable bonds is 4. The van der Waals surface area contributed by atoms with Crippen LogP contribution in [0.2, 0.25) is 0 Å². The minimum Gasteiger partial charge on any atom is -0.459 e. The molecule has 17 heavy (non-hydrogen) atoms. The lowest BCUT2D eigenvalue weighted by atomic mass is 10.2. The largest absolute Gasteiger partial charge is 0.459 e. The molecular formula is C11H19N3O2S. The lowest BCUT2D eigenvalue weighted by Crippen LogP contribution is -2.25. The number of carbonyl (C=O) groups excluding carboxylic acids is 1. The van der Waals surface area contributed by atoms with Gasteiger partial charge in [0.25, 0.3) is 0 Å². The third-order valence-electron chi connectivity index (χ3n) is 1.84. The lowest BCUT2D eigenvalue weighted by Gasteiger charge is -2.19. The summed E-state index contributed by atoms with van der Waals surface area (Å²) in [6, 6.07) is 0.283. The van der Waals surface area contributed by atoms with Crippen LogP contribution in [0.25, 0.3) is 0 Å². The van der Waals surface area contributed by atoms with E-state index in [0.717, 1.165) is 5.16 Å². The molecule has 0 saturated heterocycles. The maximum Gasteiger partial charge on any atom is 0.316 e. The van der Waals surface area contributed by atoms with Crippen molar-refractivity contribution in [3.8, 4) is 0 Å². The number of nitrogens with zero attached hydrogens (tertiary/aromatic N) is 3. The normalized spacial score (nSPS) is 11.9. The molecule has 0 saturated carbocycles. The van der Waals surface area contributed by atoms with Crippen molar-refractivity contribution in [3.05, 3.63) is 6.33 Å². The molecule has 5 nitrogen and oxygen atoms in total. The number of hydrogen-bond acceptors (Lipinski definition) is 5. The summed E-state index contributed by atoms with van der Waals surface area (Å²) in [4.78, 5) is 11.5. The van der Waals surface area contributed by atoms with E-state index in [1.54, 1.807) is 6.33 Å². The van der Waals surface area contributed by atoms with Crippen molar-refractivity contribution in [2.45, 2.75) is 51.4 Å². The Morgan fingerprint density at radius 2 is 2.18 bits per heavy atom. The Morgan fingerprint density at radius 1 is 1.53 bits per heavy atom. The molecule has 0 radical (unpaired) electrons. The third-order valence-corrected chi connectivity index (χ3v) is 2.77. The van der Waals surface area contributed by atoms with Crippen LogP contribution in [0.1, 0.15) is 40.7 Å². The zero-order valence-corrected chi connectivity index (χ0v) is 11.7. The number of hydrogen-bond donors (Lipinski definition) is 0. The summed E-state index contributed by atoms with van der Waals surface area (Å²) in [5.74, 6) is 0.0173. The lowest BCUT2D eigenvalue weighted by molar-refractivity contribution is -0.151. The molecule has 0 aliphatic carbocycles. The van der Waals surface area contributed by atoms with Crippen LogP contribution in [0.3, 0.4) is 0 Å². The van der Waals surface area contributed by atoms with E-state index in [2.05, 4.69) is 10.2 Å². The quantitative estimate of drug-likeness (QED) is 0.612. The van der Waals surface area contributed by atoms with E-state index in [-0.39, 0.29) is 17.8 Å². The van der Waals surface area contributed by atoms with Gasteiger partial charge in [-0.05, 0) is 34.6 Å². The Balaban J connectivity index is 2.50. The fourth-order valence-corrected chi connectivity index (χ4v) is 2.00. The zero-order valence-electron chi connectivity index (χ0n) is 10.9. The van der Waals surface area contributed by atoms with E-state index in [1.165, 1.54) is 11.8 Å². The number of carbonyl (C=O) groups is 1. The fourth-order valence-electron chi connectivity index (χ4n) is 1.18. The van der Waals surface area contributed by atoms with Gasteiger partial charge in [0.05, 0.1) is 5.75 Å². The Morgan fingerprint density at radius 3 is 2.71 bits per heavy atom. The molecular weight excluding hydrogens is 238 g/mol. The van der Waals surface area contributed by atoms with Crippen molar-refractivity contribution in [1.29, 1.82) is 0 Å². The summed E-state index contributed by atoms with van der Waals surface area (Å²) in [7, 11) is 0. The predicted molar refractivity (Wildman–Crippen MR) is 67.0 cm³/mol. The van der Waals surface area contributed by atoms with Crippen LogP contribution in [0.5, 0.6) is 0 Å². The number of aromatic nitrogens is 3. The molecule has 0 atom stereocenters. The molecule has 0 fully saturated rings. The molecule has 1 aromatic heterocycles. The zero-order chi connectivity index (χ0) is 13.1. The van der Waals surface area contributed by atoms with Gasteiger partial charge in [0, 0.05) is 6.04 Å². The molecule has 0 aromatic carbocycles. The van der Waals surface area contributed by atoms with Gasteiger partial charge in [-0.15, -0.1) is 10.2 Å². The van der Waals surface area contributed by atoms with Gasteiger partial charge in [0.1, 0.15) is 11.9 Å². The SMILES string of the molecule is CC(C)n1cnnc1SCC(=O)OC(C)(C)C. The standard InChI is InChI=1S/C11H19N3O2S/c1-8(2)14-7-12-13-10(14)17-6-9(15)16-11(3,4)5/h7-8H,6H2,1-5H3. The Hall–Kier alpha value is -1.04. The van der Waals surface area contributed by atoms with E-state index in [1.807, 2.05) is 39.2 Å². The summed E-state index contributed by atoms with van der Waals surface area (Å²) in [5.41, 5.74) is -0.441. The predicted octanol–water partition coefficient (Wildman–Crippen LogP) is 2.29. The van der Waals surface area contributed by atoms with Gasteiger partial charge in [-0.3, -0.25) is 4.79 Å². The van der Waals surface area contributed by atoms with Crippen molar-refractivity contribution < 1.29 is 9.53 Å². The highest BCUT2D eigenvalue weighted by molar-refractivity contribution is 7.99. The smallest absolute Gasteiger partial charge is 0.316 e. The molecule has 0 bridgehead atoms. The number of esters is 1. The number of thioether (sulfide) groups is 1. The molecule has 0 N–H and O–H groups in total. The third kappa shape index (κ3) is 4.77. The molecule has 1 rings (SSSR count). The average molecular weight is 257 g/mol. The second kappa shape index (κ2) is 5.53. The Kier molecular flexibility index (Phi) is 4.56. The minimum atomic E-state index is -0.441. The van der Waals surface area contributed by atoms with Crippen molar-refractivity contribution in [2.24, 2.45) is 0 Å². The molecule has 6 heteroatoms. The highest BCUT2D eigenvalue weighted by atomic mass is 32.2. The van der Waals surface area contributed by atoms with E-state index < -0.39 is 5.60 Å². The molecule has 0 aliphatic rings. The Labute approximate surface area is 106 Å². The van der Waals surface area contributed by atoms with Crippen LogP contribution in [-0.2, 0) is 9.53 Å². The first-order valence-electron chi connectivity index (χ1n) is 5.54. The van der Waals surface area contributed by atoms with E-state index in [9.17, 15) is 4.79 Å². The first-order valence-corrected chi connectivity index (χ1v) is 6.52. The van der Waals surface area contributed by atoms with Crippen LogP contribution in [0.15, 0.2) is 11.5 Å². The van der Waals surface area contributed by atoms with Crippen molar-refractivity contribution in [2.75, 3.05) is 5.75 Å². The van der Waals surface area contributed by atoms with Crippen LogP contribution >= 0.6 is 11.8 Å². The fraction of sp³-hybridized carbons (Fsp3) is 0.727. The maximum atomic E-state index is 11.5. The maximum absolute atomic E-state index is 11.5. The molecule has 1 heterocycles. The van der Waals surface area contributed by atoms with Crippen LogP contribution in [0, 0.1) is 0 Å². The monoisotopic (exact) mass is 257 g/mol. The van der Waals surface area contributed by atoms with Crippen molar-refractivity contribution in [1.82, 2.24) is 14.8 Å². The van der Waals surface area contributed by atoms with Gasteiger partial charge in [-0.25, -0.2) is 0 Å². The van der Waals surface area contributed by atoms with Crippen molar-refractivity contribution >= 4 is 17.7 Å². The number of ether oxygens (including phenoxy) is 1. The van der Waals surface area contributed by atoms with Crippen molar-refractivity contribution in [3.63, 3.8) is 0 Å². The van der Waals surface area contributed by atoms with Gasteiger partial charge in [-0.1, -0.05) is 11.8 Å². The molecule has 0 spiro atoms. The van der Waals surface area contributed by atoms with Crippen LogP contribution in [0.4, 0.5) is 0 Å². The van der Waals surface area contributed by atoms with Crippen LogP contribution < -0.4 is 0 Å². The first kappa shape index (κ1) is 14.0. The second-order valence-electron chi connectivity index (χ2n) is 4.99. The molecule has 0 amide bonds. The summed E-state index contributed by atoms with van der Waals surface area (Å²) in [6.07, 6.45) is 1.67. The summed E-state index contributed by atoms with van der Waals surface area (Å²) in [5, 5.41) is 8.55. The van der Waals surface area contributed by atoms with Gasteiger partial charge < -0.3 is 9.30 Å². The van der Waals surface area contributed by atoms with E-state index >= 15 is 0 Å². The van der Waals surface area contributed by atoms with E-state index in [0.29, 0.717) is 0 Å². The summed E-state index contributed by atoms with van der Waals surface area (Å²) < 4.78 is 7.14. The van der Waals surface area contributed by atoms with Gasteiger partial charge >= 0.3 is 5.97 Å². The Bertz CT molecular complexity index is 382. The topological polar surface area (TPSA) is 57.0 Å². The van der Waals surface area contributed by atoms with Gasteiger partial charge in [0.15, 0.2) is 5.16 Å². The highest BCUT2D eigenvalue weighted by Crippen LogP contribution is 2.19. The second-order valence-corrected chi connectivity index (χ2v) is 5.93. The summed E-state index contributed by atoms with van der Waals surface area (Å²) >= 11 is 1.35. The molecule has 0 aliphatic heterocycles. The van der Waals surface area contributed by atoms with Gasteiger partial charge in [-0.2, -0.15) is 0 Å². The van der Waals surface area contributed by atoms with Crippen LogP contribution in [-0.4, -0.2) is 32.1 Å². The minimum absolute atomic E-state index is 0.235. The average Bonchev–Trinajstić information content (AvgIpc) is 2.59. The summed E-state index contributed by atoms with van der Waals surface area (Å²) in [6.45, 7) is 9.65. The first-order chi connectivity index (χ1) is 7.79. The van der Waals surface area contributed by atoms with Gasteiger partial charge in [0.2, 0.25) is 0 Å². The highest BCUT2D eigenvalue weighted by Gasteiger charge is 2.17. The molecule has 96 valence electrons. The molecule has 0 unspecified atom stereocenters. The molecule has 1 aromatic rings.